The van der Waals surface area contributed by atoms with Crippen molar-refractivity contribution in [2.24, 2.45) is 4.99 Å². The summed E-state index contributed by atoms with van der Waals surface area (Å²) in [6.07, 6.45) is 0. The molecule has 0 aliphatic carbocycles. The largest absolute Gasteiger partial charge is 0.492 e. The molecule has 0 atom stereocenters. The van der Waals surface area contributed by atoms with E-state index in [1.807, 2.05) is 0 Å². The third-order valence-corrected chi connectivity index (χ3v) is 4.58. The number of hydrogen-bond acceptors (Lipinski definition) is 4. The van der Waals surface area contributed by atoms with Crippen molar-refractivity contribution >= 4 is 15.9 Å². The minimum Gasteiger partial charge on any atom is -0.492 e. The molecule has 0 saturated carbocycles. The molecule has 0 saturated heterocycles. The van der Waals surface area contributed by atoms with Crippen molar-refractivity contribution in [3.63, 3.8) is 0 Å². The Bertz CT molecular complexity index is 882. The van der Waals surface area contributed by atoms with E-state index in [9.17, 15) is 17.2 Å². The molecule has 2 aromatic rings. The van der Waals surface area contributed by atoms with Gasteiger partial charge in [0.25, 0.3) is 10.0 Å². The van der Waals surface area contributed by atoms with E-state index >= 15 is 0 Å². The molecule has 0 unspecified atom stereocenters. The zero-order valence-electron chi connectivity index (χ0n) is 11.8. The first-order chi connectivity index (χ1) is 11.0. The van der Waals surface area contributed by atoms with E-state index in [1.54, 1.807) is 18.2 Å². The SMILES string of the molecule is O=S1(=O)NC(=NCCOc2ccc(F)c(F)c2)c2ccccc21. The highest BCUT2D eigenvalue weighted by atomic mass is 32.2. The van der Waals surface area contributed by atoms with Crippen molar-refractivity contribution in [3.8, 4) is 5.75 Å². The molecule has 3 rings (SSSR count). The molecular formula is C15H12F2N2O3S. The summed E-state index contributed by atoms with van der Waals surface area (Å²) in [5.41, 5.74) is 0.500. The van der Waals surface area contributed by atoms with E-state index in [0.717, 1.165) is 12.1 Å². The standard InChI is InChI=1S/C15H12F2N2O3S/c16-12-6-5-10(9-13(12)17)22-8-7-18-15-11-3-1-2-4-14(11)23(20,21)19-15/h1-6,9H,7-8H2,(H,18,19). The molecule has 0 fully saturated rings. The number of sulfonamides is 1. The topological polar surface area (TPSA) is 67.8 Å². The van der Waals surface area contributed by atoms with Gasteiger partial charge in [-0.1, -0.05) is 12.1 Å². The fraction of sp³-hybridized carbons (Fsp3) is 0.133. The molecule has 1 aliphatic heterocycles. The molecule has 23 heavy (non-hydrogen) atoms. The predicted octanol–water partition coefficient (Wildman–Crippen LogP) is 2.08. The van der Waals surface area contributed by atoms with Gasteiger partial charge in [0, 0.05) is 11.6 Å². The van der Waals surface area contributed by atoms with Crippen LogP contribution < -0.4 is 9.46 Å². The quantitative estimate of drug-likeness (QED) is 0.868. The van der Waals surface area contributed by atoms with Crippen LogP contribution in [-0.2, 0) is 10.0 Å². The second kappa shape index (κ2) is 5.96. The van der Waals surface area contributed by atoms with Crippen LogP contribution in [-0.4, -0.2) is 27.4 Å². The molecular weight excluding hydrogens is 326 g/mol. The molecule has 0 aromatic heterocycles. The summed E-state index contributed by atoms with van der Waals surface area (Å²) in [7, 11) is -3.57. The van der Waals surface area contributed by atoms with Crippen LogP contribution in [0.1, 0.15) is 5.56 Å². The van der Waals surface area contributed by atoms with Crippen LogP contribution in [0.5, 0.6) is 5.75 Å². The van der Waals surface area contributed by atoms with E-state index in [2.05, 4.69) is 9.71 Å². The second-order valence-corrected chi connectivity index (χ2v) is 6.41. The molecule has 8 heteroatoms. The summed E-state index contributed by atoms with van der Waals surface area (Å²) in [5, 5.41) is 0. The van der Waals surface area contributed by atoms with Crippen LogP contribution in [0.15, 0.2) is 52.4 Å². The lowest BCUT2D eigenvalue weighted by Gasteiger charge is -2.05. The number of rotatable bonds is 4. The molecule has 5 nitrogen and oxygen atoms in total. The van der Waals surface area contributed by atoms with Crippen molar-refractivity contribution in [3.05, 3.63) is 59.7 Å². The Hall–Kier alpha value is -2.48. The lowest BCUT2D eigenvalue weighted by Crippen LogP contribution is -2.23. The van der Waals surface area contributed by atoms with Crippen LogP contribution >= 0.6 is 0 Å². The van der Waals surface area contributed by atoms with Gasteiger partial charge in [0.2, 0.25) is 0 Å². The zero-order valence-corrected chi connectivity index (χ0v) is 12.6. The van der Waals surface area contributed by atoms with E-state index in [4.69, 9.17) is 4.74 Å². The van der Waals surface area contributed by atoms with Gasteiger partial charge in [-0.3, -0.25) is 9.71 Å². The molecule has 120 valence electrons. The lowest BCUT2D eigenvalue weighted by atomic mass is 10.2. The lowest BCUT2D eigenvalue weighted by molar-refractivity contribution is 0.325. The van der Waals surface area contributed by atoms with Crippen LogP contribution in [0.2, 0.25) is 0 Å². The Balaban J connectivity index is 1.66. The Morgan fingerprint density at radius 3 is 2.65 bits per heavy atom. The summed E-state index contributed by atoms with van der Waals surface area (Å²) < 4.78 is 57.2. The van der Waals surface area contributed by atoms with Gasteiger partial charge in [0.1, 0.15) is 18.2 Å². The number of amidine groups is 1. The first-order valence-corrected chi connectivity index (χ1v) is 8.20. The third kappa shape index (κ3) is 3.16. The van der Waals surface area contributed by atoms with Crippen molar-refractivity contribution in [1.29, 1.82) is 0 Å². The van der Waals surface area contributed by atoms with Gasteiger partial charge in [0.15, 0.2) is 11.6 Å². The Kier molecular flexibility index (Phi) is 3.99. The van der Waals surface area contributed by atoms with Crippen molar-refractivity contribution in [2.75, 3.05) is 13.2 Å². The number of halogens is 2. The zero-order chi connectivity index (χ0) is 16.4. The van der Waals surface area contributed by atoms with Crippen LogP contribution in [0.25, 0.3) is 0 Å². The summed E-state index contributed by atoms with van der Waals surface area (Å²) in [5.74, 6) is -1.52. The fourth-order valence-corrected chi connectivity index (χ4v) is 3.39. The van der Waals surface area contributed by atoms with Crippen LogP contribution in [0, 0.1) is 11.6 Å². The smallest absolute Gasteiger partial charge is 0.263 e. The van der Waals surface area contributed by atoms with Crippen molar-refractivity contribution in [1.82, 2.24) is 4.72 Å². The Morgan fingerprint density at radius 2 is 1.87 bits per heavy atom. The summed E-state index contributed by atoms with van der Waals surface area (Å²) in [6, 6.07) is 9.72. The van der Waals surface area contributed by atoms with Gasteiger partial charge < -0.3 is 4.74 Å². The van der Waals surface area contributed by atoms with E-state index in [0.29, 0.717) is 5.56 Å². The first-order valence-electron chi connectivity index (χ1n) is 6.72. The van der Waals surface area contributed by atoms with Gasteiger partial charge in [-0.15, -0.1) is 0 Å². The molecule has 0 radical (unpaired) electrons. The summed E-state index contributed by atoms with van der Waals surface area (Å²) in [6.45, 7) is 0.254. The average Bonchev–Trinajstić information content (AvgIpc) is 2.79. The first kappa shape index (κ1) is 15.4. The maximum Gasteiger partial charge on any atom is 0.263 e. The number of hydrogen-bond donors (Lipinski definition) is 1. The highest BCUT2D eigenvalue weighted by Crippen LogP contribution is 2.22. The average molecular weight is 338 g/mol. The van der Waals surface area contributed by atoms with Crippen LogP contribution in [0.4, 0.5) is 8.78 Å². The number of fused-ring (bicyclic) bond motifs is 1. The maximum atomic E-state index is 13.0. The summed E-state index contributed by atoms with van der Waals surface area (Å²) in [4.78, 5) is 4.33. The van der Waals surface area contributed by atoms with Gasteiger partial charge >= 0.3 is 0 Å². The third-order valence-electron chi connectivity index (χ3n) is 3.18. The highest BCUT2D eigenvalue weighted by molar-refractivity contribution is 7.90. The van der Waals surface area contributed by atoms with E-state index in [1.165, 1.54) is 12.1 Å². The van der Waals surface area contributed by atoms with Crippen molar-refractivity contribution in [2.45, 2.75) is 4.90 Å². The van der Waals surface area contributed by atoms with E-state index < -0.39 is 21.7 Å². The molecule has 0 spiro atoms. The second-order valence-electron chi connectivity index (χ2n) is 4.76. The van der Waals surface area contributed by atoms with Gasteiger partial charge in [0.05, 0.1) is 11.4 Å². The normalized spacial score (nSPS) is 16.9. The van der Waals surface area contributed by atoms with E-state index in [-0.39, 0.29) is 29.6 Å². The minimum absolute atomic E-state index is 0.0957. The number of aliphatic imine (C=N–C) groups is 1. The van der Waals surface area contributed by atoms with Crippen molar-refractivity contribution < 1.29 is 21.9 Å². The number of nitrogens with one attached hydrogen (secondary N) is 1. The molecule has 0 bridgehead atoms. The molecule has 1 aliphatic rings. The number of benzene rings is 2. The predicted molar refractivity (Wildman–Crippen MR) is 80.0 cm³/mol. The number of nitrogens with zero attached hydrogens (tertiary/aromatic N) is 1. The fourth-order valence-electron chi connectivity index (χ4n) is 2.14. The highest BCUT2D eigenvalue weighted by Gasteiger charge is 2.29. The molecule has 0 amide bonds. The molecule has 1 heterocycles. The monoisotopic (exact) mass is 338 g/mol. The summed E-state index contributed by atoms with van der Waals surface area (Å²) >= 11 is 0. The molecule has 2 aromatic carbocycles. The van der Waals surface area contributed by atoms with Gasteiger partial charge in [-0.2, -0.15) is 0 Å². The molecule has 1 N–H and O–H groups in total. The minimum atomic E-state index is -3.57. The maximum absolute atomic E-state index is 13.0. The number of ether oxygens (including phenoxy) is 1. The Labute approximate surface area is 131 Å². The van der Waals surface area contributed by atoms with Crippen LogP contribution in [0.3, 0.4) is 0 Å². The Morgan fingerprint density at radius 1 is 1.09 bits per heavy atom. The van der Waals surface area contributed by atoms with Gasteiger partial charge in [-0.05, 0) is 24.3 Å². The van der Waals surface area contributed by atoms with Gasteiger partial charge in [-0.25, -0.2) is 17.2 Å².